The van der Waals surface area contributed by atoms with Gasteiger partial charge < -0.3 is 14.4 Å². The van der Waals surface area contributed by atoms with E-state index in [0.29, 0.717) is 44.3 Å². The van der Waals surface area contributed by atoms with E-state index >= 15 is 0 Å². The monoisotopic (exact) mass is 900 g/mol. The maximum absolute atomic E-state index is 8.69. The average molecular weight is 900 g/mol. The van der Waals surface area contributed by atoms with Crippen LogP contribution in [-0.4, -0.2) is 9.97 Å². The minimum absolute atomic E-state index is 0. The van der Waals surface area contributed by atoms with Gasteiger partial charge in [-0.05, 0) is 102 Å². The molecule has 0 aliphatic heterocycles. The van der Waals surface area contributed by atoms with Gasteiger partial charge in [0.2, 0.25) is 0 Å². The number of furan rings is 1. The molecule has 8 aromatic rings. The summed E-state index contributed by atoms with van der Waals surface area (Å²) in [6.07, 6.45) is 0.620. The molecule has 0 unspecified atom stereocenters. The molecule has 3 heterocycles. The number of benzene rings is 5. The summed E-state index contributed by atoms with van der Waals surface area (Å²) in [5, 5.41) is 1.19. The molecule has 0 aliphatic carbocycles. The molecule has 5 aromatic carbocycles. The Kier molecular flexibility index (Phi) is 6.63. The summed E-state index contributed by atoms with van der Waals surface area (Å²) < 4.78 is 142. The van der Waals surface area contributed by atoms with Gasteiger partial charge in [0.25, 0.3) is 0 Å². The first kappa shape index (κ1) is 22.3. The number of rotatable bonds is 5. The van der Waals surface area contributed by atoms with E-state index in [9.17, 15) is 0 Å². The zero-order valence-corrected chi connectivity index (χ0v) is 32.1. The van der Waals surface area contributed by atoms with E-state index < -0.39 is 46.0 Å². The number of aromatic nitrogens is 2. The second-order valence-electron chi connectivity index (χ2n) is 13.6. The molecule has 3 nitrogen and oxygen atoms in total. The van der Waals surface area contributed by atoms with E-state index in [-0.39, 0.29) is 70.3 Å². The SMILES string of the molecule is [2H]C([2H])([2H])c1ccc(-c2[c-]cc(C([2H])([2H])[2H])c(-c3ccccc3)c2)nc1.[2H]C([2H])([2H])c1ccc2oc3c(-c4cc(-c5ccc(C([2H])([2H])C(C)(C)C)cc5C([2H])([2H])[2H])c(C([2H])([2H])[2H])cn4)[c-]ccc3c2c1.[Ir]. The largest absolute Gasteiger partial charge is 0.501 e. The minimum atomic E-state index is -2.69. The second kappa shape index (κ2) is 16.1. The van der Waals surface area contributed by atoms with Crippen LogP contribution in [0.4, 0.5) is 0 Å². The fourth-order valence-corrected chi connectivity index (χ4v) is 6.09. The third-order valence-corrected chi connectivity index (χ3v) is 8.50. The van der Waals surface area contributed by atoms with Crippen LogP contribution in [0.1, 0.15) is 77.5 Å². The van der Waals surface area contributed by atoms with Gasteiger partial charge in [0.1, 0.15) is 5.58 Å². The van der Waals surface area contributed by atoms with Crippen molar-refractivity contribution in [3.05, 3.63) is 167 Å². The standard InChI is InChI=1S/C31H30NO.C19H16N.Ir/c1-19-10-13-29-27(14-19)24-8-7-9-25(30(24)33-29)28-16-26(21(3)18-32-28)23-12-11-22(15-20(23)2)17-31(4,5)6;1-14-8-11-19(20-13-14)17-10-9-15(2)18(12-17)16-6-4-3-5-7-16;/h7-8,10-16,18H,17H2,1-6H3;3-9,11-13H,1-2H3;/q2*-1;/i1D3,2D3,3D3,17D2;1D3,2D3;. The number of fused-ring (bicyclic) bond motifs is 3. The molecule has 0 atom stereocenters. The molecule has 8 rings (SSSR count). The summed E-state index contributed by atoms with van der Waals surface area (Å²) in [7, 11) is 0. The first-order valence-electron chi connectivity index (χ1n) is 25.4. The van der Waals surface area contributed by atoms with Gasteiger partial charge in [-0.3, -0.25) is 0 Å². The summed E-state index contributed by atoms with van der Waals surface area (Å²) in [6, 6.07) is 35.3. The molecule has 0 fully saturated rings. The third kappa shape index (κ3) is 8.47. The summed E-state index contributed by atoms with van der Waals surface area (Å²) in [6.45, 7) is -6.98. The number of nitrogens with zero attached hydrogens (tertiary/aromatic N) is 2. The molecule has 3 aromatic heterocycles. The van der Waals surface area contributed by atoms with Gasteiger partial charge in [-0.2, -0.15) is 0 Å². The Hall–Kier alpha value is -5.15. The van der Waals surface area contributed by atoms with Crippen LogP contribution in [0, 0.1) is 51.8 Å². The van der Waals surface area contributed by atoms with Crippen LogP contribution in [0.15, 0.2) is 126 Å². The topological polar surface area (TPSA) is 38.9 Å². The predicted molar refractivity (Wildman–Crippen MR) is 222 cm³/mol. The Balaban J connectivity index is 0.000000261. The molecule has 0 N–H and O–H groups in total. The summed E-state index contributed by atoms with van der Waals surface area (Å²) >= 11 is 0. The van der Waals surface area contributed by atoms with Crippen LogP contribution in [0.5, 0.6) is 0 Å². The first-order valence-corrected chi connectivity index (χ1v) is 16.9. The normalized spacial score (nSPS) is 17.4. The Morgan fingerprint density at radius 1 is 0.667 bits per heavy atom. The molecule has 0 amide bonds. The molecule has 273 valence electrons. The fourth-order valence-electron chi connectivity index (χ4n) is 6.09. The molecule has 0 saturated carbocycles. The van der Waals surface area contributed by atoms with Gasteiger partial charge in [-0.1, -0.05) is 122 Å². The molecular formula is C50H46IrN2O-2. The quantitative estimate of drug-likeness (QED) is 0.162. The van der Waals surface area contributed by atoms with Crippen molar-refractivity contribution in [1.82, 2.24) is 9.97 Å². The number of hydrogen-bond donors (Lipinski definition) is 0. The second-order valence-corrected chi connectivity index (χ2v) is 13.6. The smallest absolute Gasteiger partial charge is 0.120 e. The van der Waals surface area contributed by atoms with Crippen molar-refractivity contribution in [2.75, 3.05) is 0 Å². The predicted octanol–water partition coefficient (Wildman–Crippen LogP) is 13.5. The van der Waals surface area contributed by atoms with Crippen LogP contribution in [0.25, 0.3) is 66.7 Å². The van der Waals surface area contributed by atoms with E-state index in [1.807, 2.05) is 30.3 Å². The van der Waals surface area contributed by atoms with Gasteiger partial charge in [-0.15, -0.1) is 47.5 Å². The van der Waals surface area contributed by atoms with E-state index in [0.717, 1.165) is 5.56 Å². The summed E-state index contributed by atoms with van der Waals surface area (Å²) in [5.74, 6) is 0. The molecular weight excluding hydrogens is 837 g/mol. The van der Waals surface area contributed by atoms with Gasteiger partial charge >= 0.3 is 0 Å². The van der Waals surface area contributed by atoms with Gasteiger partial charge in [0.15, 0.2) is 0 Å². The number of pyridine rings is 2. The molecule has 54 heavy (non-hydrogen) atoms. The Bertz CT molecular complexity index is 3200. The van der Waals surface area contributed by atoms with Gasteiger partial charge in [-0.25, -0.2) is 0 Å². The minimum Gasteiger partial charge on any atom is -0.501 e. The van der Waals surface area contributed by atoms with Crippen LogP contribution in [0.2, 0.25) is 0 Å². The van der Waals surface area contributed by atoms with Crippen molar-refractivity contribution in [3.8, 4) is 44.8 Å². The summed E-state index contributed by atoms with van der Waals surface area (Å²) in [5.41, 5.74) is 3.67. The Labute approximate surface area is 357 Å². The van der Waals surface area contributed by atoms with Crippen molar-refractivity contribution in [2.24, 2.45) is 5.41 Å². The third-order valence-electron chi connectivity index (χ3n) is 8.50. The van der Waals surface area contributed by atoms with E-state index in [4.69, 9.17) is 27.7 Å². The number of aryl methyl sites for hydroxylation is 5. The van der Waals surface area contributed by atoms with Gasteiger partial charge in [0, 0.05) is 61.2 Å². The zero-order valence-electron chi connectivity index (χ0n) is 46.7. The first-order chi connectivity index (χ1) is 32.3. The van der Waals surface area contributed by atoms with Crippen molar-refractivity contribution < 1.29 is 47.8 Å². The Morgan fingerprint density at radius 3 is 2.20 bits per heavy atom. The van der Waals surface area contributed by atoms with Crippen molar-refractivity contribution in [3.63, 3.8) is 0 Å². The average Bonchev–Trinajstić information content (AvgIpc) is 3.65. The van der Waals surface area contributed by atoms with Crippen molar-refractivity contribution in [2.45, 2.75) is 61.4 Å². The maximum Gasteiger partial charge on any atom is 0.120 e. The zero-order chi connectivity index (χ0) is 51.6. The van der Waals surface area contributed by atoms with Crippen LogP contribution < -0.4 is 0 Å². The van der Waals surface area contributed by atoms with Crippen LogP contribution in [-0.2, 0) is 26.5 Å². The van der Waals surface area contributed by atoms with E-state index in [2.05, 4.69) is 22.1 Å². The molecule has 4 heteroatoms. The molecule has 0 bridgehead atoms. The molecule has 0 saturated heterocycles. The molecule has 0 aliphatic rings. The van der Waals surface area contributed by atoms with Gasteiger partial charge in [0.05, 0.1) is 5.58 Å². The van der Waals surface area contributed by atoms with Crippen molar-refractivity contribution in [1.29, 1.82) is 0 Å². The Morgan fingerprint density at radius 2 is 1.46 bits per heavy atom. The van der Waals surface area contributed by atoms with Crippen molar-refractivity contribution >= 4 is 21.9 Å². The summed E-state index contributed by atoms with van der Waals surface area (Å²) in [4.78, 5) is 8.63. The van der Waals surface area contributed by atoms with E-state index in [1.54, 1.807) is 57.2 Å². The van der Waals surface area contributed by atoms with Crippen LogP contribution >= 0.6 is 0 Å². The van der Waals surface area contributed by atoms with E-state index in [1.165, 1.54) is 54.9 Å². The molecule has 0 spiro atoms. The molecule has 1 radical (unpaired) electrons. The maximum atomic E-state index is 8.69. The number of hydrogen-bond acceptors (Lipinski definition) is 3. The fraction of sp³-hybridized carbons (Fsp3) is 0.200. The van der Waals surface area contributed by atoms with Crippen LogP contribution in [0.3, 0.4) is 0 Å².